The first kappa shape index (κ1) is 19.8. The Morgan fingerprint density at radius 2 is 1.65 bits per heavy atom. The predicted molar refractivity (Wildman–Crippen MR) is 86.2 cm³/mol. The molecule has 2 rings (SSSR count). The van der Waals surface area contributed by atoms with Crippen molar-refractivity contribution in [2.75, 3.05) is 13.6 Å². The second-order valence-electron chi connectivity index (χ2n) is 5.43. The number of benzene rings is 2. The van der Waals surface area contributed by atoms with E-state index in [0.29, 0.717) is 12.1 Å². The minimum Gasteiger partial charge on any atom is -0.323 e. The topological polar surface area (TPSA) is 107 Å². The molecule has 0 fully saturated rings. The third kappa shape index (κ3) is 4.00. The van der Waals surface area contributed by atoms with Crippen molar-refractivity contribution in [3.8, 4) is 0 Å². The smallest absolute Gasteiger partial charge is 0.269 e. The molecule has 0 heterocycles. The number of nitrogens with two attached hydrogens (primary N) is 1. The van der Waals surface area contributed by atoms with Gasteiger partial charge in [-0.1, -0.05) is 0 Å². The Labute approximate surface area is 147 Å². The van der Waals surface area contributed by atoms with E-state index in [9.17, 15) is 31.7 Å². The molecule has 7 nitrogen and oxygen atoms in total. The maximum absolute atomic E-state index is 13.8. The van der Waals surface area contributed by atoms with E-state index >= 15 is 0 Å². The summed E-state index contributed by atoms with van der Waals surface area (Å²) in [5.41, 5.74) is 5.06. The van der Waals surface area contributed by atoms with Gasteiger partial charge in [-0.15, -0.1) is 0 Å². The van der Waals surface area contributed by atoms with E-state index in [1.165, 1.54) is 0 Å². The standard InChI is InChI=1S/C15H14F3N3O4S/c1-20(8-15(19)11-6-13(17)14(18)7-12(11)16)26(24,25)10-4-2-9(3-5-10)21(22)23/h2-7,15H,8,19H2,1H3/t15-/m1/s1. The largest absolute Gasteiger partial charge is 0.323 e. The molecule has 0 unspecified atom stereocenters. The van der Waals surface area contributed by atoms with Crippen molar-refractivity contribution in [2.24, 2.45) is 5.73 Å². The van der Waals surface area contributed by atoms with Crippen LogP contribution in [0.1, 0.15) is 11.6 Å². The molecule has 0 radical (unpaired) electrons. The van der Waals surface area contributed by atoms with Crippen molar-refractivity contribution < 1.29 is 26.5 Å². The van der Waals surface area contributed by atoms with Gasteiger partial charge in [0.1, 0.15) is 5.82 Å². The summed E-state index contributed by atoms with van der Waals surface area (Å²) in [6, 6.07) is 3.78. The van der Waals surface area contributed by atoms with Gasteiger partial charge in [0.05, 0.1) is 9.82 Å². The van der Waals surface area contributed by atoms with E-state index in [2.05, 4.69) is 0 Å². The first-order valence-electron chi connectivity index (χ1n) is 7.15. The highest BCUT2D eigenvalue weighted by atomic mass is 32.2. The zero-order valence-corrected chi connectivity index (χ0v) is 14.2. The molecule has 1 atom stereocenters. The molecule has 140 valence electrons. The highest BCUT2D eigenvalue weighted by Crippen LogP contribution is 2.23. The lowest BCUT2D eigenvalue weighted by Crippen LogP contribution is -2.34. The van der Waals surface area contributed by atoms with Crippen LogP contribution in [0.5, 0.6) is 0 Å². The highest BCUT2D eigenvalue weighted by Gasteiger charge is 2.25. The summed E-state index contributed by atoms with van der Waals surface area (Å²) in [6.07, 6.45) is 0. The first-order chi connectivity index (χ1) is 12.0. The van der Waals surface area contributed by atoms with Crippen LogP contribution in [0.4, 0.5) is 18.9 Å². The number of nitro benzene ring substituents is 1. The van der Waals surface area contributed by atoms with E-state index in [1.807, 2.05) is 0 Å². The van der Waals surface area contributed by atoms with Crippen LogP contribution in [0.3, 0.4) is 0 Å². The number of non-ortho nitro benzene ring substituents is 1. The molecule has 0 saturated heterocycles. The van der Waals surface area contributed by atoms with E-state index in [0.717, 1.165) is 35.6 Å². The molecule has 11 heteroatoms. The maximum atomic E-state index is 13.8. The van der Waals surface area contributed by atoms with Crippen LogP contribution in [-0.2, 0) is 10.0 Å². The average Bonchev–Trinajstić information content (AvgIpc) is 2.57. The Hall–Kier alpha value is -2.50. The summed E-state index contributed by atoms with van der Waals surface area (Å²) in [5, 5.41) is 10.6. The molecule has 0 aliphatic heterocycles. The Balaban J connectivity index is 2.23. The fraction of sp³-hybridized carbons (Fsp3) is 0.200. The molecular formula is C15H14F3N3O4S. The minimum atomic E-state index is -4.08. The van der Waals surface area contributed by atoms with Crippen molar-refractivity contribution in [3.05, 3.63) is 69.5 Å². The number of sulfonamides is 1. The second kappa shape index (κ2) is 7.40. The summed E-state index contributed by atoms with van der Waals surface area (Å²) in [6.45, 7) is -0.429. The molecule has 0 aromatic heterocycles. The fourth-order valence-corrected chi connectivity index (χ4v) is 3.41. The van der Waals surface area contributed by atoms with Gasteiger partial charge in [-0.25, -0.2) is 21.6 Å². The van der Waals surface area contributed by atoms with Crippen LogP contribution < -0.4 is 5.73 Å². The molecule has 0 amide bonds. The lowest BCUT2D eigenvalue weighted by Gasteiger charge is -2.22. The number of nitrogens with zero attached hydrogens (tertiary/aromatic N) is 2. The van der Waals surface area contributed by atoms with Crippen molar-refractivity contribution in [1.29, 1.82) is 0 Å². The summed E-state index contributed by atoms with van der Waals surface area (Å²) in [7, 11) is -2.91. The maximum Gasteiger partial charge on any atom is 0.269 e. The van der Waals surface area contributed by atoms with Crippen LogP contribution in [0.15, 0.2) is 41.3 Å². The highest BCUT2D eigenvalue weighted by molar-refractivity contribution is 7.89. The number of rotatable bonds is 6. The molecule has 2 N–H and O–H groups in total. The van der Waals surface area contributed by atoms with Crippen molar-refractivity contribution in [1.82, 2.24) is 4.31 Å². The quantitative estimate of drug-likeness (QED) is 0.464. The summed E-state index contributed by atoms with van der Waals surface area (Å²) in [4.78, 5) is 9.71. The van der Waals surface area contributed by atoms with E-state index in [1.54, 1.807) is 0 Å². The predicted octanol–water partition coefficient (Wildman–Crippen LogP) is 2.33. The van der Waals surface area contributed by atoms with Crippen LogP contribution in [0.25, 0.3) is 0 Å². The molecule has 0 saturated carbocycles. The van der Waals surface area contributed by atoms with E-state index < -0.39 is 45.0 Å². The summed E-state index contributed by atoms with van der Waals surface area (Å²) < 4.78 is 65.7. The molecule has 0 spiro atoms. The van der Waals surface area contributed by atoms with E-state index in [-0.39, 0.29) is 16.1 Å². The number of nitro groups is 1. The van der Waals surface area contributed by atoms with Crippen LogP contribution in [0.2, 0.25) is 0 Å². The fourth-order valence-electron chi connectivity index (χ4n) is 2.22. The van der Waals surface area contributed by atoms with Gasteiger partial charge in [0.2, 0.25) is 10.0 Å². The monoisotopic (exact) mass is 389 g/mol. The zero-order valence-electron chi connectivity index (χ0n) is 13.4. The van der Waals surface area contributed by atoms with Gasteiger partial charge in [0, 0.05) is 43.4 Å². The normalized spacial score (nSPS) is 13.0. The van der Waals surface area contributed by atoms with Crippen molar-refractivity contribution in [3.63, 3.8) is 0 Å². The third-order valence-corrected chi connectivity index (χ3v) is 5.49. The summed E-state index contributed by atoms with van der Waals surface area (Å²) in [5.74, 6) is -3.79. The van der Waals surface area contributed by atoms with Gasteiger partial charge in [-0.3, -0.25) is 10.1 Å². The number of hydrogen-bond acceptors (Lipinski definition) is 5. The Kier molecular flexibility index (Phi) is 5.64. The zero-order chi connectivity index (χ0) is 19.6. The third-order valence-electron chi connectivity index (χ3n) is 3.65. The lowest BCUT2D eigenvalue weighted by molar-refractivity contribution is -0.384. The van der Waals surface area contributed by atoms with Gasteiger partial charge in [0.15, 0.2) is 11.6 Å². The Morgan fingerprint density at radius 3 is 2.19 bits per heavy atom. The minimum absolute atomic E-state index is 0.233. The van der Waals surface area contributed by atoms with E-state index in [4.69, 9.17) is 5.73 Å². The van der Waals surface area contributed by atoms with Crippen LogP contribution in [0, 0.1) is 27.6 Å². The van der Waals surface area contributed by atoms with Gasteiger partial charge >= 0.3 is 0 Å². The SMILES string of the molecule is CN(C[C@@H](N)c1cc(F)c(F)cc1F)S(=O)(=O)c1ccc([N+](=O)[O-])cc1. The van der Waals surface area contributed by atoms with Crippen LogP contribution in [-0.4, -0.2) is 31.2 Å². The van der Waals surface area contributed by atoms with Gasteiger partial charge in [0.25, 0.3) is 5.69 Å². The first-order valence-corrected chi connectivity index (χ1v) is 8.59. The molecule has 0 bridgehead atoms. The number of likely N-dealkylation sites (N-methyl/N-ethyl adjacent to an activating group) is 1. The number of halogens is 3. The number of hydrogen-bond donors (Lipinski definition) is 1. The van der Waals surface area contributed by atoms with Gasteiger partial charge < -0.3 is 5.73 Å². The van der Waals surface area contributed by atoms with Crippen molar-refractivity contribution in [2.45, 2.75) is 10.9 Å². The average molecular weight is 389 g/mol. The molecule has 2 aromatic rings. The van der Waals surface area contributed by atoms with Gasteiger partial charge in [-0.05, 0) is 18.2 Å². The van der Waals surface area contributed by atoms with Crippen LogP contribution >= 0.6 is 0 Å². The molecule has 2 aromatic carbocycles. The Bertz CT molecular complexity index is 936. The molecule has 26 heavy (non-hydrogen) atoms. The molecular weight excluding hydrogens is 375 g/mol. The molecule has 0 aliphatic rings. The lowest BCUT2D eigenvalue weighted by atomic mass is 10.1. The van der Waals surface area contributed by atoms with Crippen molar-refractivity contribution >= 4 is 15.7 Å². The second-order valence-corrected chi connectivity index (χ2v) is 7.48. The molecule has 0 aliphatic carbocycles. The summed E-state index contributed by atoms with van der Waals surface area (Å²) >= 11 is 0. The Morgan fingerprint density at radius 1 is 1.12 bits per heavy atom. The van der Waals surface area contributed by atoms with Gasteiger partial charge in [-0.2, -0.15) is 4.31 Å².